The summed E-state index contributed by atoms with van der Waals surface area (Å²) < 4.78 is 26.1. The zero-order valence-corrected chi connectivity index (χ0v) is 22.7. The molecule has 0 aliphatic rings. The van der Waals surface area contributed by atoms with Crippen LogP contribution in [-0.4, -0.2) is 50.0 Å². The molecule has 0 radical (unpaired) electrons. The highest BCUT2D eigenvalue weighted by Gasteiger charge is 2.27. The first-order valence-electron chi connectivity index (χ1n) is 11.8. The Hall–Kier alpha value is -2.58. The minimum absolute atomic E-state index is 0.00439. The molecule has 2 aromatic rings. The van der Waals surface area contributed by atoms with Crippen LogP contribution in [0.4, 0.5) is 5.69 Å². The summed E-state index contributed by atoms with van der Waals surface area (Å²) in [5, 5.41) is 3.53. The first-order chi connectivity index (χ1) is 16.4. The second-order valence-corrected chi connectivity index (χ2v) is 11.3. The third-order valence-electron chi connectivity index (χ3n) is 5.91. The molecule has 2 aromatic carbocycles. The molecule has 0 unspecified atom stereocenters. The van der Waals surface area contributed by atoms with Crippen LogP contribution in [0.3, 0.4) is 0 Å². The van der Waals surface area contributed by atoms with Crippen LogP contribution in [-0.2, 0) is 26.2 Å². The summed E-state index contributed by atoms with van der Waals surface area (Å²) in [6, 6.07) is 13.7. The van der Waals surface area contributed by atoms with Crippen molar-refractivity contribution >= 4 is 39.1 Å². The number of nitrogens with zero attached hydrogens (tertiary/aromatic N) is 2. The quantitative estimate of drug-likeness (QED) is 0.444. The Bertz CT molecular complexity index is 1090. The SMILES string of the molecule is CC[C@H](C)NC(=O)[C@@H](C)N(Cc1ccc(Cl)cc1)C(=O)CCCN(c1ccc(C)cc1)S(C)(=O)=O. The number of anilines is 1. The average Bonchev–Trinajstić information content (AvgIpc) is 2.80. The molecule has 0 saturated heterocycles. The monoisotopic (exact) mass is 521 g/mol. The number of halogens is 1. The van der Waals surface area contributed by atoms with Crippen molar-refractivity contribution < 1.29 is 18.0 Å². The van der Waals surface area contributed by atoms with Crippen LogP contribution >= 0.6 is 11.6 Å². The fourth-order valence-electron chi connectivity index (χ4n) is 3.55. The molecule has 0 saturated carbocycles. The number of rotatable bonds is 12. The fourth-order valence-corrected chi connectivity index (χ4v) is 4.64. The third kappa shape index (κ3) is 8.85. The highest BCUT2D eigenvalue weighted by molar-refractivity contribution is 7.92. The van der Waals surface area contributed by atoms with E-state index in [1.165, 1.54) is 9.21 Å². The maximum Gasteiger partial charge on any atom is 0.242 e. The number of carbonyl (C=O) groups is 2. The van der Waals surface area contributed by atoms with E-state index in [1.54, 1.807) is 31.2 Å². The van der Waals surface area contributed by atoms with Gasteiger partial charge in [0.25, 0.3) is 0 Å². The van der Waals surface area contributed by atoms with Gasteiger partial charge in [-0.05, 0) is 63.4 Å². The smallest absolute Gasteiger partial charge is 0.242 e. The first kappa shape index (κ1) is 28.7. The van der Waals surface area contributed by atoms with Crippen molar-refractivity contribution in [2.75, 3.05) is 17.1 Å². The number of nitrogens with one attached hydrogen (secondary N) is 1. The predicted molar refractivity (Wildman–Crippen MR) is 142 cm³/mol. The largest absolute Gasteiger partial charge is 0.352 e. The van der Waals surface area contributed by atoms with Gasteiger partial charge in [0, 0.05) is 30.6 Å². The lowest BCUT2D eigenvalue weighted by Crippen LogP contribution is -2.49. The van der Waals surface area contributed by atoms with E-state index >= 15 is 0 Å². The van der Waals surface area contributed by atoms with Gasteiger partial charge in [-0.3, -0.25) is 13.9 Å². The average molecular weight is 522 g/mol. The topological polar surface area (TPSA) is 86.8 Å². The molecule has 2 atom stereocenters. The van der Waals surface area contributed by atoms with Gasteiger partial charge in [0.05, 0.1) is 11.9 Å². The Morgan fingerprint density at radius 1 is 1.03 bits per heavy atom. The molecule has 0 spiro atoms. The molecule has 0 aliphatic heterocycles. The number of aryl methyl sites for hydroxylation is 1. The van der Waals surface area contributed by atoms with E-state index in [-0.39, 0.29) is 37.4 Å². The third-order valence-corrected chi connectivity index (χ3v) is 7.35. The van der Waals surface area contributed by atoms with Crippen molar-refractivity contribution in [3.05, 3.63) is 64.7 Å². The van der Waals surface area contributed by atoms with Crippen molar-refractivity contribution in [2.45, 2.75) is 65.6 Å². The molecular formula is C26H36ClN3O4S. The number of amides is 2. The van der Waals surface area contributed by atoms with E-state index in [0.29, 0.717) is 17.1 Å². The second-order valence-electron chi connectivity index (χ2n) is 8.92. The Morgan fingerprint density at radius 2 is 1.63 bits per heavy atom. The molecule has 0 aromatic heterocycles. The molecule has 0 bridgehead atoms. The summed E-state index contributed by atoms with van der Waals surface area (Å²) in [6.07, 6.45) is 2.36. The van der Waals surface area contributed by atoms with E-state index in [9.17, 15) is 18.0 Å². The van der Waals surface area contributed by atoms with Gasteiger partial charge < -0.3 is 10.2 Å². The molecule has 1 N–H and O–H groups in total. The van der Waals surface area contributed by atoms with E-state index in [4.69, 9.17) is 11.6 Å². The minimum Gasteiger partial charge on any atom is -0.352 e. The van der Waals surface area contributed by atoms with Gasteiger partial charge in [0.1, 0.15) is 6.04 Å². The van der Waals surface area contributed by atoms with Gasteiger partial charge in [0.2, 0.25) is 21.8 Å². The van der Waals surface area contributed by atoms with E-state index in [2.05, 4.69) is 5.32 Å². The number of benzene rings is 2. The molecule has 35 heavy (non-hydrogen) atoms. The molecule has 192 valence electrons. The lowest BCUT2D eigenvalue weighted by molar-refractivity contribution is -0.140. The summed E-state index contributed by atoms with van der Waals surface area (Å²) in [6.45, 7) is 7.95. The van der Waals surface area contributed by atoms with E-state index in [1.807, 2.05) is 45.0 Å². The zero-order valence-electron chi connectivity index (χ0n) is 21.1. The first-order valence-corrected chi connectivity index (χ1v) is 14.0. The Balaban J connectivity index is 2.15. The van der Waals surface area contributed by atoms with Crippen LogP contribution in [0.5, 0.6) is 0 Å². The molecule has 0 aliphatic carbocycles. The summed E-state index contributed by atoms with van der Waals surface area (Å²) >= 11 is 5.99. The van der Waals surface area contributed by atoms with Gasteiger partial charge in [-0.25, -0.2) is 8.42 Å². The zero-order chi connectivity index (χ0) is 26.2. The fraction of sp³-hybridized carbons (Fsp3) is 0.462. The summed E-state index contributed by atoms with van der Waals surface area (Å²) in [5.41, 5.74) is 2.44. The number of hydrogen-bond acceptors (Lipinski definition) is 4. The van der Waals surface area contributed by atoms with Gasteiger partial charge in [-0.2, -0.15) is 0 Å². The van der Waals surface area contributed by atoms with Gasteiger partial charge >= 0.3 is 0 Å². The number of carbonyl (C=O) groups excluding carboxylic acids is 2. The second kappa shape index (κ2) is 12.9. The minimum atomic E-state index is -3.52. The molecule has 0 heterocycles. The highest BCUT2D eigenvalue weighted by Crippen LogP contribution is 2.20. The Morgan fingerprint density at radius 3 is 2.17 bits per heavy atom. The normalized spacial score (nSPS) is 13.1. The highest BCUT2D eigenvalue weighted by atomic mass is 35.5. The number of sulfonamides is 1. The maximum absolute atomic E-state index is 13.3. The lowest BCUT2D eigenvalue weighted by atomic mass is 10.1. The molecular weight excluding hydrogens is 486 g/mol. The van der Waals surface area contributed by atoms with E-state index in [0.717, 1.165) is 23.8 Å². The van der Waals surface area contributed by atoms with Crippen molar-refractivity contribution in [1.29, 1.82) is 0 Å². The lowest BCUT2D eigenvalue weighted by Gasteiger charge is -2.30. The number of hydrogen-bond donors (Lipinski definition) is 1. The van der Waals surface area contributed by atoms with Gasteiger partial charge in [-0.15, -0.1) is 0 Å². The van der Waals surface area contributed by atoms with E-state index < -0.39 is 16.1 Å². The molecule has 7 nitrogen and oxygen atoms in total. The van der Waals surface area contributed by atoms with Crippen LogP contribution in [0.25, 0.3) is 0 Å². The Kier molecular flexibility index (Phi) is 10.6. The molecule has 0 fully saturated rings. The van der Waals surface area contributed by atoms with Gasteiger partial charge in [0.15, 0.2) is 0 Å². The molecule has 2 amide bonds. The standard InChI is InChI=1S/C26H36ClN3O4S/c1-6-20(3)28-26(32)21(4)29(18-22-11-13-23(27)14-12-22)25(31)8-7-17-30(35(5,33)34)24-15-9-19(2)10-16-24/h9-16,20-21H,6-8,17-18H2,1-5H3,(H,28,32)/t20-,21+/m0/s1. The van der Waals surface area contributed by atoms with Crippen molar-refractivity contribution in [3.63, 3.8) is 0 Å². The van der Waals surface area contributed by atoms with Crippen LogP contribution in [0, 0.1) is 6.92 Å². The van der Waals surface area contributed by atoms with Crippen LogP contribution < -0.4 is 9.62 Å². The summed E-state index contributed by atoms with van der Waals surface area (Å²) in [5.74, 6) is -0.441. The van der Waals surface area contributed by atoms with Gasteiger partial charge in [-0.1, -0.05) is 48.4 Å². The summed E-state index contributed by atoms with van der Waals surface area (Å²) in [7, 11) is -3.52. The Labute approximate surface area is 214 Å². The molecule has 2 rings (SSSR count). The van der Waals surface area contributed by atoms with Crippen molar-refractivity contribution in [1.82, 2.24) is 10.2 Å². The van der Waals surface area contributed by atoms with Crippen molar-refractivity contribution in [2.24, 2.45) is 0 Å². The maximum atomic E-state index is 13.3. The van der Waals surface area contributed by atoms with Crippen LogP contribution in [0.2, 0.25) is 5.02 Å². The molecule has 9 heteroatoms. The van der Waals surface area contributed by atoms with Crippen LogP contribution in [0.1, 0.15) is 51.2 Å². The summed E-state index contributed by atoms with van der Waals surface area (Å²) in [4.78, 5) is 27.6. The predicted octanol–water partition coefficient (Wildman–Crippen LogP) is 4.53. The van der Waals surface area contributed by atoms with Crippen LogP contribution in [0.15, 0.2) is 48.5 Å². The van der Waals surface area contributed by atoms with Crippen molar-refractivity contribution in [3.8, 4) is 0 Å².